The summed E-state index contributed by atoms with van der Waals surface area (Å²) in [4.78, 5) is 10.2. The van der Waals surface area contributed by atoms with Gasteiger partial charge in [0, 0.05) is 12.3 Å². The molecule has 1 N–H and O–H groups in total. The smallest absolute Gasteiger partial charge is 0.303 e. The van der Waals surface area contributed by atoms with Crippen LogP contribution in [0.15, 0.2) is 12.2 Å². The van der Waals surface area contributed by atoms with E-state index < -0.39 is 5.97 Å². The molecule has 0 radical (unpaired) electrons. The highest BCUT2D eigenvalue weighted by molar-refractivity contribution is 6.18. The fourth-order valence-corrected chi connectivity index (χ4v) is 1.38. The summed E-state index contributed by atoms with van der Waals surface area (Å²) in [6.07, 6.45) is 10.8. The second-order valence-electron chi connectivity index (χ2n) is 3.33. The van der Waals surface area contributed by atoms with Gasteiger partial charge in [-0.15, -0.1) is 11.6 Å². The summed E-state index contributed by atoms with van der Waals surface area (Å²) in [5, 5.41) is 8.39. The van der Waals surface area contributed by atoms with Gasteiger partial charge in [0.05, 0.1) is 0 Å². The van der Waals surface area contributed by atoms with Gasteiger partial charge in [-0.05, 0) is 19.3 Å². The van der Waals surface area contributed by atoms with E-state index in [2.05, 4.69) is 6.08 Å². The summed E-state index contributed by atoms with van der Waals surface area (Å²) >= 11 is 5.47. The second-order valence-corrected chi connectivity index (χ2v) is 3.63. The Morgan fingerprint density at radius 1 is 1.07 bits per heavy atom. The highest BCUT2D eigenvalue weighted by atomic mass is 35.5. The third-order valence-electron chi connectivity index (χ3n) is 2.02. The van der Waals surface area contributed by atoms with Crippen LogP contribution in [0.4, 0.5) is 0 Å². The first kappa shape index (κ1) is 13.5. The van der Waals surface area contributed by atoms with Crippen LogP contribution in [0.1, 0.15) is 44.9 Å². The van der Waals surface area contributed by atoms with Crippen LogP contribution in [0.2, 0.25) is 0 Å². The van der Waals surface area contributed by atoms with Gasteiger partial charge in [0.2, 0.25) is 0 Å². The van der Waals surface area contributed by atoms with Crippen LogP contribution >= 0.6 is 11.6 Å². The zero-order valence-electron chi connectivity index (χ0n) is 8.54. The van der Waals surface area contributed by atoms with Gasteiger partial charge in [-0.1, -0.05) is 31.4 Å². The number of carboxylic acids is 1. The van der Waals surface area contributed by atoms with E-state index in [1.165, 1.54) is 12.8 Å². The maximum absolute atomic E-state index is 10.2. The average Bonchev–Trinajstić information content (AvgIpc) is 2.15. The summed E-state index contributed by atoms with van der Waals surface area (Å²) in [5.41, 5.74) is 0. The first-order valence-electron chi connectivity index (χ1n) is 5.20. The maximum Gasteiger partial charge on any atom is 0.303 e. The lowest BCUT2D eigenvalue weighted by Crippen LogP contribution is -1.93. The lowest BCUT2D eigenvalue weighted by molar-refractivity contribution is -0.137. The predicted octanol–water partition coefficient (Wildman–Crippen LogP) is 3.60. The zero-order valence-corrected chi connectivity index (χ0v) is 9.30. The Morgan fingerprint density at radius 3 is 2.36 bits per heavy atom. The number of rotatable bonds is 9. The fraction of sp³-hybridized carbons (Fsp3) is 0.727. The lowest BCUT2D eigenvalue weighted by Gasteiger charge is -1.97. The van der Waals surface area contributed by atoms with Crippen molar-refractivity contribution in [2.45, 2.75) is 44.9 Å². The molecule has 0 aromatic carbocycles. The van der Waals surface area contributed by atoms with E-state index in [4.69, 9.17) is 16.7 Å². The van der Waals surface area contributed by atoms with Crippen LogP contribution in [0, 0.1) is 0 Å². The van der Waals surface area contributed by atoms with Crippen LogP contribution in [-0.2, 0) is 4.79 Å². The van der Waals surface area contributed by atoms with Gasteiger partial charge < -0.3 is 5.11 Å². The third-order valence-corrected chi connectivity index (χ3v) is 2.20. The summed E-state index contributed by atoms with van der Waals surface area (Å²) in [6.45, 7) is 0. The number of carbonyl (C=O) groups is 1. The molecule has 0 unspecified atom stereocenters. The van der Waals surface area contributed by atoms with Gasteiger partial charge in [0.25, 0.3) is 0 Å². The molecule has 0 heterocycles. The molecule has 0 aromatic heterocycles. The molecular formula is C11H19ClO2. The largest absolute Gasteiger partial charge is 0.481 e. The average molecular weight is 219 g/mol. The van der Waals surface area contributed by atoms with Gasteiger partial charge in [-0.25, -0.2) is 0 Å². The summed E-state index contributed by atoms with van der Waals surface area (Å²) in [5.74, 6) is -0.0893. The number of halogens is 1. The van der Waals surface area contributed by atoms with Crippen LogP contribution in [0.3, 0.4) is 0 Å². The molecule has 0 amide bonds. The standard InChI is InChI=1S/C11H19ClO2/c12-10-8-6-4-2-1-3-5-7-9-11(13)14/h6,8H,1-5,7,9-10H2,(H,13,14)/b8-6+. The number of carboxylic acid groups (broad SMARTS) is 1. The fourth-order valence-electron chi connectivity index (χ4n) is 1.25. The predicted molar refractivity (Wildman–Crippen MR) is 59.8 cm³/mol. The van der Waals surface area contributed by atoms with E-state index >= 15 is 0 Å². The van der Waals surface area contributed by atoms with Crippen molar-refractivity contribution in [3.63, 3.8) is 0 Å². The molecule has 0 fully saturated rings. The number of allylic oxidation sites excluding steroid dienone is 2. The molecule has 0 spiro atoms. The number of alkyl halides is 1. The molecule has 0 rings (SSSR count). The number of unbranched alkanes of at least 4 members (excludes halogenated alkanes) is 5. The van der Waals surface area contributed by atoms with Crippen LogP contribution in [0.25, 0.3) is 0 Å². The Morgan fingerprint density at radius 2 is 1.71 bits per heavy atom. The zero-order chi connectivity index (χ0) is 10.6. The van der Waals surface area contributed by atoms with E-state index in [9.17, 15) is 4.79 Å². The van der Waals surface area contributed by atoms with Gasteiger partial charge in [0.1, 0.15) is 0 Å². The van der Waals surface area contributed by atoms with Gasteiger partial charge in [-0.2, -0.15) is 0 Å². The lowest BCUT2D eigenvalue weighted by atomic mass is 10.1. The monoisotopic (exact) mass is 218 g/mol. The van der Waals surface area contributed by atoms with Crippen LogP contribution in [0.5, 0.6) is 0 Å². The molecule has 0 bridgehead atoms. The van der Waals surface area contributed by atoms with E-state index in [1.54, 1.807) is 0 Å². The van der Waals surface area contributed by atoms with Crippen molar-refractivity contribution in [1.29, 1.82) is 0 Å². The third kappa shape index (κ3) is 11.5. The van der Waals surface area contributed by atoms with E-state index in [-0.39, 0.29) is 0 Å². The van der Waals surface area contributed by atoms with Crippen molar-refractivity contribution in [3.05, 3.63) is 12.2 Å². The quantitative estimate of drug-likeness (QED) is 0.365. The molecule has 0 saturated carbocycles. The number of hydrogen-bond donors (Lipinski definition) is 1. The molecule has 0 atom stereocenters. The molecule has 14 heavy (non-hydrogen) atoms. The van der Waals surface area contributed by atoms with Gasteiger partial charge in [0.15, 0.2) is 0 Å². The summed E-state index contributed by atoms with van der Waals surface area (Å²) < 4.78 is 0. The first-order valence-corrected chi connectivity index (χ1v) is 5.73. The molecule has 0 saturated heterocycles. The number of aliphatic carboxylic acids is 1. The van der Waals surface area contributed by atoms with E-state index in [0.29, 0.717) is 12.3 Å². The molecule has 0 aromatic rings. The van der Waals surface area contributed by atoms with Crippen LogP contribution in [-0.4, -0.2) is 17.0 Å². The second kappa shape index (κ2) is 10.6. The Hall–Kier alpha value is -0.500. The minimum Gasteiger partial charge on any atom is -0.481 e. The van der Waals surface area contributed by atoms with Crippen molar-refractivity contribution < 1.29 is 9.90 Å². The minimum absolute atomic E-state index is 0.312. The van der Waals surface area contributed by atoms with E-state index in [1.807, 2.05) is 6.08 Å². The van der Waals surface area contributed by atoms with Crippen molar-refractivity contribution >= 4 is 17.6 Å². The van der Waals surface area contributed by atoms with Crippen molar-refractivity contribution in [2.24, 2.45) is 0 Å². The Kier molecular flexibility index (Phi) is 10.2. The summed E-state index contributed by atoms with van der Waals surface area (Å²) in [6, 6.07) is 0. The van der Waals surface area contributed by atoms with Crippen molar-refractivity contribution in [3.8, 4) is 0 Å². The van der Waals surface area contributed by atoms with Crippen LogP contribution < -0.4 is 0 Å². The molecule has 82 valence electrons. The Balaban J connectivity index is 2.99. The van der Waals surface area contributed by atoms with Gasteiger partial charge in [-0.3, -0.25) is 4.79 Å². The van der Waals surface area contributed by atoms with Crippen molar-refractivity contribution in [2.75, 3.05) is 5.88 Å². The SMILES string of the molecule is O=C(O)CCCCCCC/C=C/CCl. The Labute approximate surface area is 91.0 Å². The highest BCUT2D eigenvalue weighted by Crippen LogP contribution is 2.07. The maximum atomic E-state index is 10.2. The molecule has 3 heteroatoms. The van der Waals surface area contributed by atoms with Gasteiger partial charge >= 0.3 is 5.97 Å². The molecular weight excluding hydrogens is 200 g/mol. The molecule has 0 aliphatic rings. The molecule has 2 nitrogen and oxygen atoms in total. The Bertz CT molecular complexity index is 167. The molecule has 0 aliphatic carbocycles. The molecule has 0 aliphatic heterocycles. The number of hydrogen-bond acceptors (Lipinski definition) is 1. The first-order chi connectivity index (χ1) is 6.77. The minimum atomic E-state index is -0.685. The summed E-state index contributed by atoms with van der Waals surface area (Å²) in [7, 11) is 0. The van der Waals surface area contributed by atoms with Crippen molar-refractivity contribution in [1.82, 2.24) is 0 Å². The topological polar surface area (TPSA) is 37.3 Å². The highest BCUT2D eigenvalue weighted by Gasteiger charge is 1.95. The van der Waals surface area contributed by atoms with E-state index in [0.717, 1.165) is 25.7 Å². The normalized spacial score (nSPS) is 10.9.